The second-order valence-electron chi connectivity index (χ2n) is 5.66. The number of likely N-dealkylation sites (tertiary alicyclic amines) is 1. The van der Waals surface area contributed by atoms with Gasteiger partial charge in [-0.15, -0.1) is 0 Å². The normalized spacial score (nSPS) is 16.6. The Bertz CT molecular complexity index is 630. The molecule has 0 unspecified atom stereocenters. The van der Waals surface area contributed by atoms with E-state index in [0.717, 1.165) is 24.1 Å². The maximum atomic E-state index is 12.5. The van der Waals surface area contributed by atoms with Crippen LogP contribution in [-0.2, 0) is 0 Å². The first-order valence-electron chi connectivity index (χ1n) is 7.23. The van der Waals surface area contributed by atoms with Crippen LogP contribution in [0.15, 0.2) is 36.5 Å². The molecular formula is C16H19N3O2. The molecule has 0 saturated carbocycles. The Morgan fingerprint density at radius 2 is 2.10 bits per heavy atom. The standard InChI is InChI=1S/C16H19N3O2/c1-2-8-16(21)10-19(11-16)15(20)13-9-17-18-14(13)12-6-4-3-5-7-12/h3-7,9,21H,2,8,10-11H2,1H3,(H,17,18). The van der Waals surface area contributed by atoms with Crippen molar-refractivity contribution >= 4 is 5.91 Å². The maximum Gasteiger partial charge on any atom is 0.257 e. The Balaban J connectivity index is 1.77. The lowest BCUT2D eigenvalue weighted by atomic mass is 9.88. The number of amides is 1. The molecule has 1 saturated heterocycles. The van der Waals surface area contributed by atoms with Gasteiger partial charge in [-0.25, -0.2) is 0 Å². The molecule has 5 heteroatoms. The van der Waals surface area contributed by atoms with E-state index in [0.29, 0.717) is 18.7 Å². The number of rotatable bonds is 4. The minimum atomic E-state index is -0.707. The van der Waals surface area contributed by atoms with Crippen LogP contribution in [0.25, 0.3) is 11.3 Å². The smallest absolute Gasteiger partial charge is 0.257 e. The molecule has 3 rings (SSSR count). The van der Waals surface area contributed by atoms with E-state index in [1.165, 1.54) is 0 Å². The molecule has 1 aromatic carbocycles. The van der Waals surface area contributed by atoms with Gasteiger partial charge in [0.1, 0.15) is 0 Å². The SMILES string of the molecule is CCCC1(O)CN(C(=O)c2cn[nH]c2-c2ccccc2)C1. The number of β-amino-alcohol motifs (C(OH)–C–C–N with tert-alkyl or cyclic N) is 1. The molecule has 2 heterocycles. The fourth-order valence-corrected chi connectivity index (χ4v) is 2.87. The van der Waals surface area contributed by atoms with Gasteiger partial charge >= 0.3 is 0 Å². The number of nitrogens with zero attached hydrogens (tertiary/aromatic N) is 2. The van der Waals surface area contributed by atoms with E-state index >= 15 is 0 Å². The van der Waals surface area contributed by atoms with E-state index in [-0.39, 0.29) is 5.91 Å². The van der Waals surface area contributed by atoms with Crippen molar-refractivity contribution in [3.63, 3.8) is 0 Å². The molecule has 2 N–H and O–H groups in total. The zero-order valence-electron chi connectivity index (χ0n) is 12.0. The Labute approximate surface area is 123 Å². The molecule has 0 aliphatic carbocycles. The first-order valence-corrected chi connectivity index (χ1v) is 7.23. The summed E-state index contributed by atoms with van der Waals surface area (Å²) >= 11 is 0. The molecule has 1 amide bonds. The van der Waals surface area contributed by atoms with Crippen LogP contribution in [0.2, 0.25) is 0 Å². The Morgan fingerprint density at radius 1 is 1.38 bits per heavy atom. The second-order valence-corrected chi connectivity index (χ2v) is 5.66. The number of benzene rings is 1. The first kappa shape index (κ1) is 13.8. The monoisotopic (exact) mass is 285 g/mol. The third kappa shape index (κ3) is 2.56. The lowest BCUT2D eigenvalue weighted by Crippen LogP contribution is -2.63. The summed E-state index contributed by atoms with van der Waals surface area (Å²) in [5.74, 6) is -0.0802. The molecule has 1 aliphatic rings. The summed E-state index contributed by atoms with van der Waals surface area (Å²) in [6.07, 6.45) is 3.20. The highest BCUT2D eigenvalue weighted by molar-refractivity contribution is 6.00. The number of hydrogen-bond acceptors (Lipinski definition) is 3. The van der Waals surface area contributed by atoms with E-state index in [9.17, 15) is 9.90 Å². The van der Waals surface area contributed by atoms with Crippen LogP contribution < -0.4 is 0 Å². The van der Waals surface area contributed by atoms with Gasteiger partial charge in [-0.1, -0.05) is 43.7 Å². The van der Waals surface area contributed by atoms with Crippen molar-refractivity contribution in [2.45, 2.75) is 25.4 Å². The van der Waals surface area contributed by atoms with Crippen molar-refractivity contribution in [2.75, 3.05) is 13.1 Å². The number of H-pyrrole nitrogens is 1. The second kappa shape index (κ2) is 5.33. The van der Waals surface area contributed by atoms with Gasteiger partial charge in [0.2, 0.25) is 0 Å². The summed E-state index contributed by atoms with van der Waals surface area (Å²) in [5, 5.41) is 17.1. The van der Waals surface area contributed by atoms with Crippen LogP contribution in [-0.4, -0.2) is 44.8 Å². The lowest BCUT2D eigenvalue weighted by Gasteiger charge is -2.46. The quantitative estimate of drug-likeness (QED) is 0.903. The highest BCUT2D eigenvalue weighted by atomic mass is 16.3. The van der Waals surface area contributed by atoms with Crippen LogP contribution in [0.4, 0.5) is 0 Å². The van der Waals surface area contributed by atoms with Crippen LogP contribution in [0.3, 0.4) is 0 Å². The van der Waals surface area contributed by atoms with E-state index < -0.39 is 5.60 Å². The predicted molar refractivity (Wildman–Crippen MR) is 79.8 cm³/mol. The Morgan fingerprint density at radius 3 is 2.76 bits per heavy atom. The van der Waals surface area contributed by atoms with Gasteiger partial charge in [-0.3, -0.25) is 9.89 Å². The minimum Gasteiger partial charge on any atom is -0.386 e. The zero-order valence-corrected chi connectivity index (χ0v) is 12.0. The molecule has 0 spiro atoms. The van der Waals surface area contributed by atoms with E-state index in [1.807, 2.05) is 37.3 Å². The number of hydrogen-bond donors (Lipinski definition) is 2. The van der Waals surface area contributed by atoms with E-state index in [1.54, 1.807) is 11.1 Å². The average Bonchev–Trinajstić information content (AvgIpc) is 2.94. The number of aromatic amines is 1. The number of aliphatic hydroxyl groups is 1. The zero-order chi connectivity index (χ0) is 14.9. The van der Waals surface area contributed by atoms with Gasteiger partial charge < -0.3 is 10.0 Å². The number of carbonyl (C=O) groups excluding carboxylic acids is 1. The van der Waals surface area contributed by atoms with Gasteiger partial charge in [-0.2, -0.15) is 5.10 Å². The van der Waals surface area contributed by atoms with Gasteiger partial charge in [-0.05, 0) is 6.42 Å². The van der Waals surface area contributed by atoms with E-state index in [4.69, 9.17) is 0 Å². The molecule has 5 nitrogen and oxygen atoms in total. The highest BCUT2D eigenvalue weighted by Crippen LogP contribution is 2.29. The Kier molecular flexibility index (Phi) is 3.51. The van der Waals surface area contributed by atoms with Crippen molar-refractivity contribution in [3.8, 4) is 11.3 Å². The number of carbonyl (C=O) groups is 1. The summed E-state index contributed by atoms with van der Waals surface area (Å²) in [4.78, 5) is 14.2. The fraction of sp³-hybridized carbons (Fsp3) is 0.375. The third-order valence-electron chi connectivity index (χ3n) is 3.91. The summed E-state index contributed by atoms with van der Waals surface area (Å²) in [6, 6.07) is 9.66. The topological polar surface area (TPSA) is 69.2 Å². The van der Waals surface area contributed by atoms with Crippen molar-refractivity contribution in [2.24, 2.45) is 0 Å². The van der Waals surface area contributed by atoms with Crippen molar-refractivity contribution < 1.29 is 9.90 Å². The van der Waals surface area contributed by atoms with Crippen LogP contribution in [0.1, 0.15) is 30.1 Å². The molecular weight excluding hydrogens is 266 g/mol. The summed E-state index contributed by atoms with van der Waals surface area (Å²) in [5.41, 5.74) is 1.51. The molecule has 1 aliphatic heterocycles. The fourth-order valence-electron chi connectivity index (χ4n) is 2.87. The van der Waals surface area contributed by atoms with Gasteiger partial charge in [0.05, 0.1) is 36.1 Å². The van der Waals surface area contributed by atoms with Crippen molar-refractivity contribution in [1.29, 1.82) is 0 Å². The molecule has 110 valence electrons. The average molecular weight is 285 g/mol. The summed E-state index contributed by atoms with van der Waals surface area (Å²) in [6.45, 7) is 2.84. The maximum absolute atomic E-state index is 12.5. The number of nitrogens with one attached hydrogen (secondary N) is 1. The molecule has 21 heavy (non-hydrogen) atoms. The van der Waals surface area contributed by atoms with Gasteiger partial charge in [0.15, 0.2) is 0 Å². The number of aromatic nitrogens is 2. The van der Waals surface area contributed by atoms with Crippen molar-refractivity contribution in [3.05, 3.63) is 42.1 Å². The predicted octanol–water partition coefficient (Wildman–Crippen LogP) is 2.06. The minimum absolute atomic E-state index is 0.0802. The largest absolute Gasteiger partial charge is 0.386 e. The molecule has 2 aromatic rings. The molecule has 0 bridgehead atoms. The third-order valence-corrected chi connectivity index (χ3v) is 3.91. The van der Waals surface area contributed by atoms with Gasteiger partial charge in [0.25, 0.3) is 5.91 Å². The van der Waals surface area contributed by atoms with Crippen LogP contribution in [0.5, 0.6) is 0 Å². The molecule has 1 aromatic heterocycles. The molecule has 0 radical (unpaired) electrons. The van der Waals surface area contributed by atoms with Crippen LogP contribution in [0, 0.1) is 0 Å². The Hall–Kier alpha value is -2.14. The molecule has 0 atom stereocenters. The summed E-state index contributed by atoms with van der Waals surface area (Å²) in [7, 11) is 0. The van der Waals surface area contributed by atoms with E-state index in [2.05, 4.69) is 10.2 Å². The van der Waals surface area contributed by atoms with Crippen LogP contribution >= 0.6 is 0 Å². The lowest BCUT2D eigenvalue weighted by molar-refractivity contribution is -0.0859. The van der Waals surface area contributed by atoms with Crippen molar-refractivity contribution in [1.82, 2.24) is 15.1 Å². The summed E-state index contributed by atoms with van der Waals surface area (Å²) < 4.78 is 0. The van der Waals surface area contributed by atoms with Gasteiger partial charge in [0, 0.05) is 5.56 Å². The highest BCUT2D eigenvalue weighted by Gasteiger charge is 2.43. The first-order chi connectivity index (χ1) is 10.1. The molecule has 1 fully saturated rings.